The van der Waals surface area contributed by atoms with Crippen molar-refractivity contribution < 1.29 is 17.5 Å². The molecule has 1 aliphatic rings. The molecule has 5 nitrogen and oxygen atoms in total. The van der Waals surface area contributed by atoms with Gasteiger partial charge in [-0.05, 0) is 25.5 Å². The Morgan fingerprint density at radius 3 is 3.06 bits per heavy atom. The lowest BCUT2D eigenvalue weighted by molar-refractivity contribution is 0.0751. The quantitative estimate of drug-likeness (QED) is 0.808. The first-order chi connectivity index (χ1) is 8.51. The van der Waals surface area contributed by atoms with Crippen molar-refractivity contribution in [1.29, 1.82) is 0 Å². The summed E-state index contributed by atoms with van der Waals surface area (Å²) in [6.07, 6.45) is 1.67. The summed E-state index contributed by atoms with van der Waals surface area (Å²) in [4.78, 5) is 3.64. The van der Waals surface area contributed by atoms with Crippen molar-refractivity contribution in [3.8, 4) is 0 Å². The summed E-state index contributed by atoms with van der Waals surface area (Å²) in [6, 6.07) is 2.46. The van der Waals surface area contributed by atoms with Crippen molar-refractivity contribution in [3.63, 3.8) is 0 Å². The molecule has 1 unspecified atom stereocenters. The molecule has 0 aliphatic carbocycles. The van der Waals surface area contributed by atoms with Crippen molar-refractivity contribution in [2.24, 2.45) is 0 Å². The first-order valence-electron chi connectivity index (χ1n) is 5.74. The standard InChI is InChI=1S/C11H15FN2O3S/c1-9-8-14(6-3-7-17-9)18(15,16)11-10(12)4-2-5-13-11/h2,4-5,9H,3,6-8H2,1H3. The molecule has 0 aromatic carbocycles. The highest BCUT2D eigenvalue weighted by Crippen LogP contribution is 2.19. The lowest BCUT2D eigenvalue weighted by Crippen LogP contribution is -2.36. The van der Waals surface area contributed by atoms with Gasteiger partial charge in [-0.15, -0.1) is 0 Å². The van der Waals surface area contributed by atoms with Crippen molar-refractivity contribution >= 4 is 10.0 Å². The Hall–Kier alpha value is -1.05. The van der Waals surface area contributed by atoms with E-state index in [1.807, 2.05) is 0 Å². The van der Waals surface area contributed by atoms with Crippen LogP contribution in [0.1, 0.15) is 13.3 Å². The minimum atomic E-state index is -3.88. The smallest absolute Gasteiger partial charge is 0.263 e. The van der Waals surface area contributed by atoms with E-state index in [2.05, 4.69) is 4.98 Å². The van der Waals surface area contributed by atoms with Crippen LogP contribution in [0.2, 0.25) is 0 Å². The molecule has 0 amide bonds. The van der Waals surface area contributed by atoms with Gasteiger partial charge < -0.3 is 4.74 Å². The Balaban J connectivity index is 2.33. The molecule has 0 radical (unpaired) electrons. The molecule has 7 heteroatoms. The molecule has 2 heterocycles. The van der Waals surface area contributed by atoms with Crippen molar-refractivity contribution in [1.82, 2.24) is 9.29 Å². The maximum absolute atomic E-state index is 13.5. The third kappa shape index (κ3) is 2.68. The third-order valence-electron chi connectivity index (χ3n) is 2.72. The summed E-state index contributed by atoms with van der Waals surface area (Å²) >= 11 is 0. The molecule has 1 aromatic heterocycles. The van der Waals surface area contributed by atoms with E-state index in [0.29, 0.717) is 19.6 Å². The molecule has 1 fully saturated rings. The SMILES string of the molecule is CC1CN(S(=O)(=O)c2ncccc2F)CCCO1. The molecule has 2 rings (SSSR count). The zero-order valence-electron chi connectivity index (χ0n) is 10.0. The highest BCUT2D eigenvalue weighted by Gasteiger charge is 2.31. The number of pyridine rings is 1. The fraction of sp³-hybridized carbons (Fsp3) is 0.545. The van der Waals surface area contributed by atoms with Gasteiger partial charge in [0.05, 0.1) is 6.10 Å². The fourth-order valence-corrected chi connectivity index (χ4v) is 3.39. The van der Waals surface area contributed by atoms with Crippen LogP contribution in [0, 0.1) is 5.82 Å². The number of sulfonamides is 1. The van der Waals surface area contributed by atoms with Crippen LogP contribution in [-0.4, -0.2) is 43.5 Å². The highest BCUT2D eigenvalue weighted by molar-refractivity contribution is 7.89. The third-order valence-corrected chi connectivity index (χ3v) is 4.52. The van der Waals surface area contributed by atoms with Gasteiger partial charge in [-0.3, -0.25) is 0 Å². The zero-order valence-corrected chi connectivity index (χ0v) is 10.9. The average Bonchev–Trinajstić information content (AvgIpc) is 2.54. The van der Waals surface area contributed by atoms with Gasteiger partial charge in [0.25, 0.3) is 10.0 Å². The Kier molecular flexibility index (Phi) is 3.94. The van der Waals surface area contributed by atoms with Gasteiger partial charge in [-0.25, -0.2) is 17.8 Å². The summed E-state index contributed by atoms with van der Waals surface area (Å²) in [6.45, 7) is 2.85. The molecule has 0 spiro atoms. The van der Waals surface area contributed by atoms with E-state index in [9.17, 15) is 12.8 Å². The predicted molar refractivity (Wildman–Crippen MR) is 63.0 cm³/mol. The second-order valence-corrected chi connectivity index (χ2v) is 6.04. The molecular formula is C11H15FN2O3S. The Bertz CT molecular complexity index is 521. The number of rotatable bonds is 2. The molecule has 1 saturated heterocycles. The first-order valence-corrected chi connectivity index (χ1v) is 7.18. The Morgan fingerprint density at radius 2 is 2.33 bits per heavy atom. The van der Waals surface area contributed by atoms with Gasteiger partial charge >= 0.3 is 0 Å². The number of hydrogen-bond donors (Lipinski definition) is 0. The van der Waals surface area contributed by atoms with Gasteiger partial charge in [-0.1, -0.05) is 0 Å². The molecule has 18 heavy (non-hydrogen) atoms. The lowest BCUT2D eigenvalue weighted by atomic mass is 10.4. The molecular weight excluding hydrogens is 259 g/mol. The van der Waals surface area contributed by atoms with Gasteiger partial charge in [0, 0.05) is 25.9 Å². The Labute approximate surface area is 106 Å². The molecule has 0 saturated carbocycles. The molecule has 100 valence electrons. The maximum Gasteiger partial charge on any atom is 0.263 e. The van der Waals surface area contributed by atoms with Gasteiger partial charge in [0.15, 0.2) is 5.82 Å². The van der Waals surface area contributed by atoms with E-state index >= 15 is 0 Å². The highest BCUT2D eigenvalue weighted by atomic mass is 32.2. The lowest BCUT2D eigenvalue weighted by Gasteiger charge is -2.21. The van der Waals surface area contributed by atoms with Gasteiger partial charge in [0.1, 0.15) is 0 Å². The van der Waals surface area contributed by atoms with E-state index in [-0.39, 0.29) is 12.6 Å². The molecule has 1 aliphatic heterocycles. The van der Waals surface area contributed by atoms with Crippen molar-refractivity contribution in [2.45, 2.75) is 24.5 Å². The molecule has 1 atom stereocenters. The maximum atomic E-state index is 13.5. The molecule has 1 aromatic rings. The topological polar surface area (TPSA) is 59.5 Å². The minimum absolute atomic E-state index is 0.200. The average molecular weight is 274 g/mol. The van der Waals surface area contributed by atoms with E-state index in [1.54, 1.807) is 6.92 Å². The summed E-state index contributed by atoms with van der Waals surface area (Å²) in [5.41, 5.74) is 0. The van der Waals surface area contributed by atoms with Crippen LogP contribution in [0.3, 0.4) is 0 Å². The number of halogens is 1. The van der Waals surface area contributed by atoms with Crippen LogP contribution in [0.5, 0.6) is 0 Å². The number of hydrogen-bond acceptors (Lipinski definition) is 4. The van der Waals surface area contributed by atoms with Crippen LogP contribution >= 0.6 is 0 Å². The summed E-state index contributed by atoms with van der Waals surface area (Å²) in [5.74, 6) is -0.824. The van der Waals surface area contributed by atoms with Crippen LogP contribution in [0.15, 0.2) is 23.4 Å². The zero-order chi connectivity index (χ0) is 13.2. The largest absolute Gasteiger partial charge is 0.377 e. The fourth-order valence-electron chi connectivity index (χ4n) is 1.86. The number of aromatic nitrogens is 1. The van der Waals surface area contributed by atoms with E-state index in [4.69, 9.17) is 4.74 Å². The van der Waals surface area contributed by atoms with Crippen LogP contribution < -0.4 is 0 Å². The summed E-state index contributed by atoms with van der Waals surface area (Å²) < 4.78 is 44.7. The molecule has 0 bridgehead atoms. The van der Waals surface area contributed by atoms with E-state index < -0.39 is 20.9 Å². The normalized spacial score (nSPS) is 22.7. The van der Waals surface area contributed by atoms with Crippen LogP contribution in [0.25, 0.3) is 0 Å². The van der Waals surface area contributed by atoms with Crippen LogP contribution in [-0.2, 0) is 14.8 Å². The van der Waals surface area contributed by atoms with Crippen molar-refractivity contribution in [3.05, 3.63) is 24.1 Å². The second-order valence-electron chi connectivity index (χ2n) is 4.19. The van der Waals surface area contributed by atoms with Gasteiger partial charge in [0.2, 0.25) is 5.03 Å². The predicted octanol–water partition coefficient (Wildman–Crippen LogP) is 1.02. The second kappa shape index (κ2) is 5.29. The minimum Gasteiger partial charge on any atom is -0.377 e. The first kappa shape index (κ1) is 13.4. The van der Waals surface area contributed by atoms with Gasteiger partial charge in [-0.2, -0.15) is 4.31 Å². The monoisotopic (exact) mass is 274 g/mol. The number of nitrogens with zero attached hydrogens (tertiary/aromatic N) is 2. The molecule has 0 N–H and O–H groups in total. The summed E-state index contributed by atoms with van der Waals surface area (Å²) in [5, 5.41) is -0.515. The van der Waals surface area contributed by atoms with Crippen LogP contribution in [0.4, 0.5) is 4.39 Å². The van der Waals surface area contributed by atoms with E-state index in [0.717, 1.165) is 6.07 Å². The number of ether oxygens (including phenoxy) is 1. The Morgan fingerprint density at radius 1 is 1.56 bits per heavy atom. The van der Waals surface area contributed by atoms with Crippen molar-refractivity contribution in [2.75, 3.05) is 19.7 Å². The van der Waals surface area contributed by atoms with E-state index in [1.165, 1.54) is 16.6 Å². The summed E-state index contributed by atoms with van der Waals surface area (Å²) in [7, 11) is -3.88.